The summed E-state index contributed by atoms with van der Waals surface area (Å²) in [5, 5.41) is 22.4. The van der Waals surface area contributed by atoms with Gasteiger partial charge in [-0.05, 0) is 27.7 Å². The molecule has 0 saturated carbocycles. The zero-order valence-corrected chi connectivity index (χ0v) is 13.0. The molecule has 0 aliphatic carbocycles. The molecule has 0 unspecified atom stereocenters. The van der Waals surface area contributed by atoms with E-state index in [1.807, 2.05) is 0 Å². The molecule has 0 radical (unpaired) electrons. The number of anilines is 1. The topological polar surface area (TPSA) is 89.5 Å². The Kier molecular flexibility index (Phi) is 4.88. The summed E-state index contributed by atoms with van der Waals surface area (Å²) in [5.41, 5.74) is -4.50. The molecule has 0 aliphatic rings. The van der Waals surface area contributed by atoms with E-state index in [1.54, 1.807) is 27.7 Å². The van der Waals surface area contributed by atoms with Crippen LogP contribution in [0.3, 0.4) is 0 Å². The van der Waals surface area contributed by atoms with Gasteiger partial charge in [-0.25, -0.2) is 0 Å². The second-order valence-electron chi connectivity index (χ2n) is 5.79. The SMILES string of the molecule is CCN(c1c([N+](=O)[O-])cc(C(F)(F)F)cc1[N+](=O)[O-])C(C)(C)C. The summed E-state index contributed by atoms with van der Waals surface area (Å²) in [6, 6.07) is 0.660. The van der Waals surface area contributed by atoms with Crippen molar-refractivity contribution in [2.75, 3.05) is 11.4 Å². The third-order valence-corrected chi connectivity index (χ3v) is 3.19. The van der Waals surface area contributed by atoms with Gasteiger partial charge in [0.25, 0.3) is 11.4 Å². The van der Waals surface area contributed by atoms with Gasteiger partial charge in [0, 0.05) is 24.2 Å². The van der Waals surface area contributed by atoms with Crippen LogP contribution in [0.15, 0.2) is 12.1 Å². The van der Waals surface area contributed by atoms with Gasteiger partial charge in [-0.2, -0.15) is 13.2 Å². The fourth-order valence-electron chi connectivity index (χ4n) is 2.29. The summed E-state index contributed by atoms with van der Waals surface area (Å²) in [5.74, 6) is 0. The molecule has 1 aromatic carbocycles. The van der Waals surface area contributed by atoms with E-state index < -0.39 is 44.2 Å². The number of alkyl halides is 3. The first-order chi connectivity index (χ1) is 10.3. The molecule has 0 heterocycles. The van der Waals surface area contributed by atoms with Gasteiger partial charge < -0.3 is 4.90 Å². The minimum Gasteiger partial charge on any atom is -0.356 e. The van der Waals surface area contributed by atoms with Gasteiger partial charge in [-0.3, -0.25) is 20.2 Å². The molecule has 10 heteroatoms. The summed E-state index contributed by atoms with van der Waals surface area (Å²) in [6.45, 7) is 6.72. The quantitative estimate of drug-likeness (QED) is 0.609. The zero-order chi connectivity index (χ0) is 18.2. The van der Waals surface area contributed by atoms with Crippen molar-refractivity contribution in [3.63, 3.8) is 0 Å². The molecular weight excluding hydrogens is 319 g/mol. The van der Waals surface area contributed by atoms with Crippen molar-refractivity contribution in [1.82, 2.24) is 0 Å². The summed E-state index contributed by atoms with van der Waals surface area (Å²) in [4.78, 5) is 21.7. The molecular formula is C13H16F3N3O4. The molecule has 0 amide bonds. The van der Waals surface area contributed by atoms with E-state index in [-0.39, 0.29) is 6.54 Å². The summed E-state index contributed by atoms with van der Waals surface area (Å²) < 4.78 is 38.6. The number of benzene rings is 1. The first-order valence-corrected chi connectivity index (χ1v) is 6.62. The van der Waals surface area contributed by atoms with Crippen LogP contribution in [-0.2, 0) is 6.18 Å². The van der Waals surface area contributed by atoms with E-state index in [1.165, 1.54) is 4.90 Å². The Bertz CT molecular complexity index is 603. The highest BCUT2D eigenvalue weighted by Gasteiger charge is 2.40. The van der Waals surface area contributed by atoms with E-state index >= 15 is 0 Å². The molecule has 7 nitrogen and oxygen atoms in total. The van der Waals surface area contributed by atoms with Gasteiger partial charge >= 0.3 is 6.18 Å². The summed E-state index contributed by atoms with van der Waals surface area (Å²) in [6.07, 6.45) is -4.92. The maximum absolute atomic E-state index is 12.9. The maximum Gasteiger partial charge on any atom is 0.416 e. The Morgan fingerprint density at radius 1 is 1.04 bits per heavy atom. The fourth-order valence-corrected chi connectivity index (χ4v) is 2.29. The van der Waals surface area contributed by atoms with Gasteiger partial charge in [0.1, 0.15) is 0 Å². The molecule has 0 saturated heterocycles. The first kappa shape index (κ1) is 18.7. The molecule has 0 fully saturated rings. The number of hydrogen-bond acceptors (Lipinski definition) is 5. The number of hydrogen-bond donors (Lipinski definition) is 0. The third kappa shape index (κ3) is 3.88. The van der Waals surface area contributed by atoms with Gasteiger partial charge in [0.05, 0.1) is 15.4 Å². The molecule has 0 spiro atoms. The highest BCUT2D eigenvalue weighted by atomic mass is 19.4. The number of halogens is 3. The predicted octanol–water partition coefficient (Wildman–Crippen LogP) is 4.15. The average molecular weight is 335 g/mol. The average Bonchev–Trinajstić information content (AvgIpc) is 2.35. The predicted molar refractivity (Wildman–Crippen MR) is 77.5 cm³/mol. The van der Waals surface area contributed by atoms with E-state index in [4.69, 9.17) is 0 Å². The minimum absolute atomic E-state index is 0.149. The van der Waals surface area contributed by atoms with Crippen molar-refractivity contribution >= 4 is 17.1 Å². The van der Waals surface area contributed by atoms with Gasteiger partial charge in [-0.1, -0.05) is 0 Å². The maximum atomic E-state index is 12.9. The van der Waals surface area contributed by atoms with Crippen molar-refractivity contribution in [3.8, 4) is 0 Å². The molecule has 0 bridgehead atoms. The lowest BCUT2D eigenvalue weighted by Crippen LogP contribution is -2.42. The normalized spacial score (nSPS) is 12.1. The van der Waals surface area contributed by atoms with Crippen LogP contribution in [0.25, 0.3) is 0 Å². The van der Waals surface area contributed by atoms with Crippen molar-refractivity contribution in [2.45, 2.75) is 39.4 Å². The third-order valence-electron chi connectivity index (χ3n) is 3.19. The van der Waals surface area contributed by atoms with Gasteiger partial charge in [-0.15, -0.1) is 0 Å². The number of nitro benzene ring substituents is 2. The smallest absolute Gasteiger partial charge is 0.356 e. The summed E-state index contributed by atoms with van der Waals surface area (Å²) in [7, 11) is 0. The number of nitrogens with zero attached hydrogens (tertiary/aromatic N) is 3. The lowest BCUT2D eigenvalue weighted by Gasteiger charge is -2.36. The molecule has 23 heavy (non-hydrogen) atoms. The van der Waals surface area contributed by atoms with Crippen LogP contribution in [-0.4, -0.2) is 21.9 Å². The molecule has 128 valence electrons. The van der Waals surface area contributed by atoms with Crippen LogP contribution >= 0.6 is 0 Å². The van der Waals surface area contributed by atoms with Crippen molar-refractivity contribution in [1.29, 1.82) is 0 Å². The van der Waals surface area contributed by atoms with E-state index in [9.17, 15) is 33.4 Å². The van der Waals surface area contributed by atoms with Crippen LogP contribution < -0.4 is 4.90 Å². The molecule has 0 aromatic heterocycles. The van der Waals surface area contributed by atoms with Crippen molar-refractivity contribution < 1.29 is 23.0 Å². The highest BCUT2D eigenvalue weighted by molar-refractivity contribution is 5.77. The minimum atomic E-state index is -4.92. The zero-order valence-electron chi connectivity index (χ0n) is 13.0. The molecule has 0 aliphatic heterocycles. The number of rotatable bonds is 4. The van der Waals surface area contributed by atoms with Gasteiger partial charge in [0.15, 0.2) is 5.69 Å². The highest BCUT2D eigenvalue weighted by Crippen LogP contribution is 2.44. The van der Waals surface area contributed by atoms with Crippen LogP contribution in [0, 0.1) is 20.2 Å². The van der Waals surface area contributed by atoms with Crippen molar-refractivity contribution in [3.05, 3.63) is 37.9 Å². The van der Waals surface area contributed by atoms with Gasteiger partial charge in [0.2, 0.25) is 0 Å². The van der Waals surface area contributed by atoms with Crippen LogP contribution in [0.1, 0.15) is 33.3 Å². The Balaban J connectivity index is 3.86. The Morgan fingerprint density at radius 3 is 1.65 bits per heavy atom. The van der Waals surface area contributed by atoms with E-state index in [0.717, 1.165) is 0 Å². The fraction of sp³-hybridized carbons (Fsp3) is 0.538. The Morgan fingerprint density at radius 2 is 1.43 bits per heavy atom. The largest absolute Gasteiger partial charge is 0.416 e. The van der Waals surface area contributed by atoms with E-state index in [0.29, 0.717) is 12.1 Å². The lowest BCUT2D eigenvalue weighted by atomic mass is 10.0. The first-order valence-electron chi connectivity index (χ1n) is 6.62. The molecule has 1 rings (SSSR count). The van der Waals surface area contributed by atoms with Crippen molar-refractivity contribution in [2.24, 2.45) is 0 Å². The molecule has 0 N–H and O–H groups in total. The van der Waals surface area contributed by atoms with E-state index in [2.05, 4.69) is 0 Å². The number of nitro groups is 2. The Hall–Kier alpha value is -2.39. The lowest BCUT2D eigenvalue weighted by molar-refractivity contribution is -0.393. The van der Waals surface area contributed by atoms with Crippen LogP contribution in [0.4, 0.5) is 30.2 Å². The monoisotopic (exact) mass is 335 g/mol. The molecule has 1 aromatic rings. The van der Waals surface area contributed by atoms with Crippen LogP contribution in [0.5, 0.6) is 0 Å². The Labute approximate surface area is 130 Å². The second kappa shape index (κ2) is 6.01. The standard InChI is InChI=1S/C13H16F3N3O4/c1-5-17(12(2,3)4)11-9(18(20)21)6-8(13(14,15)16)7-10(11)19(22)23/h6-7H,5H2,1-4H3. The summed E-state index contributed by atoms with van der Waals surface area (Å²) >= 11 is 0. The molecule has 0 atom stereocenters. The second-order valence-corrected chi connectivity index (χ2v) is 5.79. The van der Waals surface area contributed by atoms with Crippen LogP contribution in [0.2, 0.25) is 0 Å².